The second-order valence-electron chi connectivity index (χ2n) is 7.68. The lowest BCUT2D eigenvalue weighted by Gasteiger charge is -2.42. The van der Waals surface area contributed by atoms with Crippen LogP contribution in [0.15, 0.2) is 60.7 Å². The van der Waals surface area contributed by atoms with E-state index in [4.69, 9.17) is 0 Å². The second-order valence-corrected chi connectivity index (χ2v) is 7.68. The third kappa shape index (κ3) is 7.02. The molecule has 0 unspecified atom stereocenters. The van der Waals surface area contributed by atoms with Crippen LogP contribution >= 0.6 is 0 Å². The van der Waals surface area contributed by atoms with Gasteiger partial charge >= 0.3 is 0 Å². The molecule has 0 aliphatic heterocycles. The molecule has 2 rings (SSSR count). The Morgan fingerprint density at radius 3 is 1.04 bits per heavy atom. The Balaban J connectivity index is 0.00000364. The van der Waals surface area contributed by atoms with Crippen molar-refractivity contribution >= 4 is 0 Å². The fourth-order valence-corrected chi connectivity index (χ4v) is 4.05. The molecule has 28 heavy (non-hydrogen) atoms. The topological polar surface area (TPSA) is 70.0 Å². The highest BCUT2D eigenvalue weighted by molar-refractivity contribution is 5.14. The highest BCUT2D eigenvalue weighted by Crippen LogP contribution is 2.19. The van der Waals surface area contributed by atoms with E-state index in [1.165, 1.54) is 59.4 Å². The first-order valence-corrected chi connectivity index (χ1v) is 10.4. The van der Waals surface area contributed by atoms with E-state index in [1.54, 1.807) is 0 Å². The Labute approximate surface area is 173 Å². The average molecular weight is 389 g/mol. The summed E-state index contributed by atoms with van der Waals surface area (Å²) < 4.78 is 2.36. The molecule has 6 N–H and O–H groups in total. The van der Waals surface area contributed by atoms with Gasteiger partial charge in [-0.1, -0.05) is 60.7 Å². The molecule has 0 fully saturated rings. The van der Waals surface area contributed by atoms with Crippen LogP contribution in [-0.2, 0) is 13.1 Å². The van der Waals surface area contributed by atoms with Gasteiger partial charge in [-0.25, -0.2) is 0 Å². The molecule has 0 bridgehead atoms. The minimum absolute atomic E-state index is 0. The summed E-state index contributed by atoms with van der Waals surface area (Å²) in [5.41, 5.74) is 2.93. The third-order valence-electron chi connectivity index (χ3n) is 6.45. The molecular formula is C24H44N4+2. The summed E-state index contributed by atoms with van der Waals surface area (Å²) in [6.07, 6.45) is 0. The Hall–Kier alpha value is -1.72. The first-order valence-electron chi connectivity index (χ1n) is 10.4. The summed E-state index contributed by atoms with van der Waals surface area (Å²) >= 11 is 0. The minimum Gasteiger partial charge on any atom is -0.344 e. The fraction of sp³-hybridized carbons (Fsp3) is 0.500. The van der Waals surface area contributed by atoms with Crippen molar-refractivity contribution in [2.24, 2.45) is 0 Å². The van der Waals surface area contributed by atoms with Gasteiger partial charge in [0, 0.05) is 11.1 Å². The van der Waals surface area contributed by atoms with E-state index in [-0.39, 0.29) is 12.3 Å². The first kappa shape index (κ1) is 26.3. The highest BCUT2D eigenvalue weighted by atomic mass is 15.4. The van der Waals surface area contributed by atoms with E-state index >= 15 is 0 Å². The molecule has 0 atom stereocenters. The van der Waals surface area contributed by atoms with Gasteiger partial charge in [0.2, 0.25) is 0 Å². The molecule has 0 saturated heterocycles. The summed E-state index contributed by atoms with van der Waals surface area (Å²) in [4.78, 5) is 0. The van der Waals surface area contributed by atoms with Crippen molar-refractivity contribution in [1.82, 2.24) is 12.3 Å². The first-order chi connectivity index (χ1) is 12.6. The fourth-order valence-electron chi connectivity index (χ4n) is 4.05. The average Bonchev–Trinajstić information content (AvgIpc) is 2.71. The molecule has 0 radical (unpaired) electrons. The van der Waals surface area contributed by atoms with Gasteiger partial charge in [0.25, 0.3) is 0 Å². The number of quaternary nitrogens is 2. The van der Waals surface area contributed by atoms with Crippen molar-refractivity contribution in [3.63, 3.8) is 0 Å². The van der Waals surface area contributed by atoms with E-state index < -0.39 is 0 Å². The lowest BCUT2D eigenvalue weighted by atomic mass is 10.1. The zero-order chi connectivity index (χ0) is 18.9. The smallest absolute Gasteiger partial charge is 0.129 e. The monoisotopic (exact) mass is 388 g/mol. The van der Waals surface area contributed by atoms with Crippen molar-refractivity contribution in [3.8, 4) is 0 Å². The van der Waals surface area contributed by atoms with Crippen molar-refractivity contribution in [2.75, 3.05) is 39.3 Å². The Bertz CT molecular complexity index is 562. The third-order valence-corrected chi connectivity index (χ3v) is 6.45. The Morgan fingerprint density at radius 2 is 0.786 bits per heavy atom. The summed E-state index contributed by atoms with van der Waals surface area (Å²) in [6.45, 7) is 19.0. The lowest BCUT2D eigenvalue weighted by molar-refractivity contribution is -0.990. The number of benzene rings is 2. The van der Waals surface area contributed by atoms with Crippen LogP contribution in [0.2, 0.25) is 0 Å². The highest BCUT2D eigenvalue weighted by Gasteiger charge is 2.31. The van der Waals surface area contributed by atoms with Crippen LogP contribution in [0.1, 0.15) is 38.8 Å². The van der Waals surface area contributed by atoms with Crippen LogP contribution in [0.3, 0.4) is 0 Å². The summed E-state index contributed by atoms with van der Waals surface area (Å²) in [5.74, 6) is 0. The lowest BCUT2D eigenvalue weighted by Crippen LogP contribution is -2.56. The van der Waals surface area contributed by atoms with E-state index in [0.717, 1.165) is 13.1 Å². The number of likely N-dealkylation sites (N-methyl/N-ethyl adjacent to an activating group) is 2. The molecule has 0 aliphatic carbocycles. The summed E-state index contributed by atoms with van der Waals surface area (Å²) in [5, 5.41) is 0. The molecular weight excluding hydrogens is 344 g/mol. The van der Waals surface area contributed by atoms with Crippen LogP contribution in [0.25, 0.3) is 0 Å². The summed E-state index contributed by atoms with van der Waals surface area (Å²) in [7, 11) is 0. The van der Waals surface area contributed by atoms with Gasteiger partial charge in [0.05, 0.1) is 26.2 Å². The molecule has 2 aromatic rings. The van der Waals surface area contributed by atoms with Crippen LogP contribution in [0, 0.1) is 0 Å². The van der Waals surface area contributed by atoms with Gasteiger partial charge in [-0.05, 0) is 27.7 Å². The van der Waals surface area contributed by atoms with E-state index in [0.29, 0.717) is 0 Å². The van der Waals surface area contributed by atoms with E-state index in [9.17, 15) is 0 Å². The molecule has 0 aliphatic rings. The van der Waals surface area contributed by atoms with Crippen molar-refractivity contribution in [1.29, 1.82) is 0 Å². The molecule has 158 valence electrons. The molecule has 0 aromatic heterocycles. The number of nitrogens with zero attached hydrogens (tertiary/aromatic N) is 2. The molecule has 4 nitrogen and oxygen atoms in total. The number of rotatable bonds is 11. The van der Waals surface area contributed by atoms with Crippen molar-refractivity contribution in [2.45, 2.75) is 40.8 Å². The standard InChI is InChI=1S/C24H38N2.2H3N/c1-5-25(6-2,21-23-15-11-9-12-16-23)19-20-26(7-3,8-4)22-24-17-13-10-14-18-24;;/h9-18H,5-8,19-22H2,1-4H3;2*1H3/q+2;;. The second kappa shape index (κ2) is 12.7. The maximum atomic E-state index is 2.36. The largest absolute Gasteiger partial charge is 0.344 e. The van der Waals surface area contributed by atoms with Gasteiger partial charge in [-0.3, -0.25) is 0 Å². The van der Waals surface area contributed by atoms with Gasteiger partial charge in [-0.2, -0.15) is 0 Å². The van der Waals surface area contributed by atoms with E-state index in [2.05, 4.69) is 88.4 Å². The van der Waals surface area contributed by atoms with Crippen molar-refractivity contribution < 1.29 is 8.97 Å². The number of hydrogen-bond donors (Lipinski definition) is 2. The predicted molar refractivity (Wildman–Crippen MR) is 123 cm³/mol. The van der Waals surface area contributed by atoms with Crippen LogP contribution in [0.4, 0.5) is 0 Å². The van der Waals surface area contributed by atoms with Crippen molar-refractivity contribution in [3.05, 3.63) is 71.8 Å². The maximum Gasteiger partial charge on any atom is 0.129 e. The minimum atomic E-state index is 0. The van der Waals surface area contributed by atoms with Gasteiger partial charge in [0.1, 0.15) is 26.2 Å². The zero-order valence-electron chi connectivity index (χ0n) is 18.7. The summed E-state index contributed by atoms with van der Waals surface area (Å²) in [6, 6.07) is 22.0. The molecule has 2 aromatic carbocycles. The maximum absolute atomic E-state index is 2.36. The van der Waals surface area contributed by atoms with Gasteiger partial charge in [0.15, 0.2) is 0 Å². The SMILES string of the molecule is CC[N+](CC)(CC[N+](CC)(CC)Cc1ccccc1)Cc1ccccc1.N.N. The zero-order valence-corrected chi connectivity index (χ0v) is 18.7. The molecule has 0 amide bonds. The quantitative estimate of drug-likeness (QED) is 0.504. The predicted octanol–water partition coefficient (Wildman–Crippen LogP) is 5.42. The van der Waals surface area contributed by atoms with E-state index in [1.807, 2.05) is 0 Å². The Morgan fingerprint density at radius 1 is 0.500 bits per heavy atom. The Kier molecular flexibility index (Phi) is 11.9. The number of hydrogen-bond acceptors (Lipinski definition) is 2. The van der Waals surface area contributed by atoms with Crippen LogP contribution < -0.4 is 12.3 Å². The van der Waals surface area contributed by atoms with Crippen LogP contribution in [0.5, 0.6) is 0 Å². The molecule has 4 heteroatoms. The van der Waals surface area contributed by atoms with Gasteiger partial charge < -0.3 is 21.3 Å². The normalized spacial score (nSPS) is 11.4. The molecule has 0 spiro atoms. The van der Waals surface area contributed by atoms with Crippen LogP contribution in [-0.4, -0.2) is 48.2 Å². The molecule has 0 heterocycles. The van der Waals surface area contributed by atoms with Gasteiger partial charge in [-0.15, -0.1) is 0 Å². The molecule has 0 saturated carbocycles.